The first-order valence-electron chi connectivity index (χ1n) is 7.86. The average molecular weight is 300 g/mol. The number of methoxy groups -OCH3 is 1. The fraction of sp³-hybridized carbons (Fsp3) is 0.444. The summed E-state index contributed by atoms with van der Waals surface area (Å²) in [7, 11) is 1.65. The minimum Gasteiger partial charge on any atom is -0.497 e. The molecule has 22 heavy (non-hydrogen) atoms. The highest BCUT2D eigenvalue weighted by Crippen LogP contribution is 2.13. The second-order valence-corrected chi connectivity index (χ2v) is 5.50. The first-order chi connectivity index (χ1) is 10.7. The summed E-state index contributed by atoms with van der Waals surface area (Å²) in [6.45, 7) is 2.59. The number of benzene rings is 1. The Bertz CT molecular complexity index is 587. The molecule has 1 aromatic carbocycles. The molecule has 0 saturated carbocycles. The summed E-state index contributed by atoms with van der Waals surface area (Å²) in [5, 5.41) is 0. The van der Waals surface area contributed by atoms with Gasteiger partial charge in [0.1, 0.15) is 5.75 Å². The molecular weight excluding hydrogens is 276 g/mol. The second-order valence-electron chi connectivity index (χ2n) is 5.50. The lowest BCUT2D eigenvalue weighted by Gasteiger charge is -2.07. The quantitative estimate of drug-likeness (QED) is 0.712. The van der Waals surface area contributed by atoms with Crippen LogP contribution < -0.4 is 4.74 Å². The Labute approximate surface area is 132 Å². The molecule has 0 radical (unpaired) electrons. The van der Waals surface area contributed by atoms with Crippen LogP contribution in [0.25, 0.3) is 0 Å². The lowest BCUT2D eigenvalue weighted by molar-refractivity contribution is -0.119. The van der Waals surface area contributed by atoms with E-state index in [9.17, 15) is 4.79 Å². The highest BCUT2D eigenvalue weighted by atomic mass is 16.5. The standard InChI is InChI=1S/C18H24N2O2/c1-3-4-5-16-12-19-14-20(16)13-17(21)9-6-15-7-10-18(22-2)11-8-15/h7-8,10-12,14H,3-6,9,13H2,1-2H3. The Morgan fingerprint density at radius 3 is 2.68 bits per heavy atom. The summed E-state index contributed by atoms with van der Waals surface area (Å²) >= 11 is 0. The first kappa shape index (κ1) is 16.3. The molecule has 0 fully saturated rings. The molecule has 0 saturated heterocycles. The van der Waals surface area contributed by atoms with E-state index in [2.05, 4.69) is 11.9 Å². The van der Waals surface area contributed by atoms with E-state index in [-0.39, 0.29) is 5.78 Å². The minimum absolute atomic E-state index is 0.242. The van der Waals surface area contributed by atoms with Gasteiger partial charge in [-0.1, -0.05) is 25.5 Å². The molecule has 0 amide bonds. The topological polar surface area (TPSA) is 44.1 Å². The van der Waals surface area contributed by atoms with E-state index in [1.54, 1.807) is 13.4 Å². The van der Waals surface area contributed by atoms with Crippen LogP contribution in [0.3, 0.4) is 0 Å². The molecule has 0 N–H and O–H groups in total. The first-order valence-corrected chi connectivity index (χ1v) is 7.86. The third-order valence-corrected chi connectivity index (χ3v) is 3.78. The van der Waals surface area contributed by atoms with Crippen LogP contribution in [-0.4, -0.2) is 22.4 Å². The molecule has 0 aliphatic carbocycles. The normalized spacial score (nSPS) is 10.6. The van der Waals surface area contributed by atoms with Crippen molar-refractivity contribution < 1.29 is 9.53 Å². The van der Waals surface area contributed by atoms with Crippen molar-refractivity contribution >= 4 is 5.78 Å². The number of ketones is 1. The third-order valence-electron chi connectivity index (χ3n) is 3.78. The van der Waals surface area contributed by atoms with Gasteiger partial charge in [0.25, 0.3) is 0 Å². The van der Waals surface area contributed by atoms with Gasteiger partial charge in [0.2, 0.25) is 0 Å². The molecule has 4 heteroatoms. The van der Waals surface area contributed by atoms with Crippen molar-refractivity contribution in [2.45, 2.75) is 45.6 Å². The molecule has 0 unspecified atom stereocenters. The molecule has 0 aliphatic heterocycles. The molecule has 1 heterocycles. The summed E-state index contributed by atoms with van der Waals surface area (Å²) < 4.78 is 7.11. The summed E-state index contributed by atoms with van der Waals surface area (Å²) in [5.74, 6) is 1.08. The van der Waals surface area contributed by atoms with Gasteiger partial charge in [-0.05, 0) is 37.0 Å². The van der Waals surface area contributed by atoms with Crippen molar-refractivity contribution in [3.8, 4) is 5.75 Å². The maximum absolute atomic E-state index is 12.2. The number of hydrogen-bond acceptors (Lipinski definition) is 3. The third kappa shape index (κ3) is 4.72. The number of Topliss-reactive ketones (excluding diaryl/α,β-unsaturated/α-hetero) is 1. The van der Waals surface area contributed by atoms with Crippen LogP contribution in [0.1, 0.15) is 37.4 Å². The predicted octanol–water partition coefficient (Wildman–Crippen LogP) is 3.44. The lowest BCUT2D eigenvalue weighted by atomic mass is 10.1. The van der Waals surface area contributed by atoms with Gasteiger partial charge >= 0.3 is 0 Å². The molecule has 0 aliphatic rings. The number of aromatic nitrogens is 2. The Morgan fingerprint density at radius 2 is 2.00 bits per heavy atom. The van der Waals surface area contributed by atoms with Gasteiger partial charge in [0.05, 0.1) is 20.0 Å². The van der Waals surface area contributed by atoms with Crippen LogP contribution in [-0.2, 0) is 24.2 Å². The van der Waals surface area contributed by atoms with Gasteiger partial charge < -0.3 is 9.30 Å². The number of aryl methyl sites for hydroxylation is 2. The Kier molecular flexibility index (Phi) is 6.19. The number of rotatable bonds is 9. The summed E-state index contributed by atoms with van der Waals surface area (Å²) in [5.41, 5.74) is 2.31. The van der Waals surface area contributed by atoms with Crippen LogP contribution in [0, 0.1) is 0 Å². The number of imidazole rings is 1. The fourth-order valence-electron chi connectivity index (χ4n) is 2.40. The zero-order chi connectivity index (χ0) is 15.8. The molecule has 1 aromatic heterocycles. The monoisotopic (exact) mass is 300 g/mol. The molecule has 2 rings (SSSR count). The summed E-state index contributed by atoms with van der Waals surface area (Å²) in [4.78, 5) is 16.3. The Hall–Kier alpha value is -2.10. The van der Waals surface area contributed by atoms with Crippen LogP contribution in [0.4, 0.5) is 0 Å². The van der Waals surface area contributed by atoms with Gasteiger partial charge in [0.15, 0.2) is 5.78 Å². The zero-order valence-electron chi connectivity index (χ0n) is 13.4. The summed E-state index contributed by atoms with van der Waals surface area (Å²) in [6.07, 6.45) is 8.22. The van der Waals surface area contributed by atoms with Crippen molar-refractivity contribution in [1.82, 2.24) is 9.55 Å². The maximum atomic E-state index is 12.2. The highest BCUT2D eigenvalue weighted by molar-refractivity contribution is 5.78. The van der Waals surface area contributed by atoms with Crippen LogP contribution in [0.2, 0.25) is 0 Å². The van der Waals surface area contributed by atoms with Crippen LogP contribution in [0.5, 0.6) is 5.75 Å². The van der Waals surface area contributed by atoms with E-state index < -0.39 is 0 Å². The van der Waals surface area contributed by atoms with Gasteiger partial charge in [0, 0.05) is 18.3 Å². The predicted molar refractivity (Wildman–Crippen MR) is 87.2 cm³/mol. The maximum Gasteiger partial charge on any atom is 0.152 e. The average Bonchev–Trinajstić information content (AvgIpc) is 2.98. The van der Waals surface area contributed by atoms with Crippen LogP contribution in [0.15, 0.2) is 36.8 Å². The minimum atomic E-state index is 0.242. The number of carbonyl (C=O) groups excluding carboxylic acids is 1. The molecular formula is C18H24N2O2. The SMILES string of the molecule is CCCCc1cncn1CC(=O)CCc1ccc(OC)cc1. The lowest BCUT2D eigenvalue weighted by Crippen LogP contribution is -2.12. The molecule has 0 atom stereocenters. The Balaban J connectivity index is 1.83. The molecule has 4 nitrogen and oxygen atoms in total. The largest absolute Gasteiger partial charge is 0.497 e. The highest BCUT2D eigenvalue weighted by Gasteiger charge is 2.08. The van der Waals surface area contributed by atoms with Crippen LogP contribution >= 0.6 is 0 Å². The number of ether oxygens (including phenoxy) is 1. The van der Waals surface area contributed by atoms with E-state index >= 15 is 0 Å². The fourth-order valence-corrected chi connectivity index (χ4v) is 2.40. The molecule has 2 aromatic rings. The summed E-state index contributed by atoms with van der Waals surface area (Å²) in [6, 6.07) is 7.88. The van der Waals surface area contributed by atoms with E-state index in [4.69, 9.17) is 4.74 Å². The molecule has 0 spiro atoms. The smallest absolute Gasteiger partial charge is 0.152 e. The van der Waals surface area contributed by atoms with Crippen molar-refractivity contribution in [3.63, 3.8) is 0 Å². The second kappa shape index (κ2) is 8.37. The van der Waals surface area contributed by atoms with E-state index in [0.717, 1.165) is 42.7 Å². The van der Waals surface area contributed by atoms with Crippen molar-refractivity contribution in [3.05, 3.63) is 48.0 Å². The van der Waals surface area contributed by atoms with Gasteiger partial charge in [-0.3, -0.25) is 4.79 Å². The van der Waals surface area contributed by atoms with Crippen molar-refractivity contribution in [2.24, 2.45) is 0 Å². The van der Waals surface area contributed by atoms with Gasteiger partial charge in [-0.15, -0.1) is 0 Å². The Morgan fingerprint density at radius 1 is 1.23 bits per heavy atom. The van der Waals surface area contributed by atoms with Gasteiger partial charge in [-0.2, -0.15) is 0 Å². The van der Waals surface area contributed by atoms with E-state index in [1.165, 1.54) is 0 Å². The number of hydrogen-bond donors (Lipinski definition) is 0. The molecule has 118 valence electrons. The van der Waals surface area contributed by atoms with Gasteiger partial charge in [-0.25, -0.2) is 4.98 Å². The number of unbranched alkanes of at least 4 members (excludes halogenated alkanes) is 1. The van der Waals surface area contributed by atoms with Crippen molar-refractivity contribution in [2.75, 3.05) is 7.11 Å². The number of carbonyl (C=O) groups is 1. The van der Waals surface area contributed by atoms with Crippen molar-refractivity contribution in [1.29, 1.82) is 0 Å². The van der Waals surface area contributed by atoms with E-state index in [1.807, 2.05) is 35.0 Å². The van der Waals surface area contributed by atoms with E-state index in [0.29, 0.717) is 13.0 Å². The number of nitrogens with zero attached hydrogens (tertiary/aromatic N) is 2. The zero-order valence-corrected chi connectivity index (χ0v) is 13.4. The molecule has 0 bridgehead atoms.